The van der Waals surface area contributed by atoms with Crippen molar-refractivity contribution in [1.29, 1.82) is 0 Å². The third-order valence-electron chi connectivity index (χ3n) is 2.23. The van der Waals surface area contributed by atoms with Gasteiger partial charge in [0.2, 0.25) is 0 Å². The topological polar surface area (TPSA) is 12.9 Å². The number of benzene rings is 1. The lowest BCUT2D eigenvalue weighted by Crippen LogP contribution is -1.91. The van der Waals surface area contributed by atoms with Crippen LogP contribution < -0.4 is 0 Å². The van der Waals surface area contributed by atoms with Crippen molar-refractivity contribution in [2.24, 2.45) is 0 Å². The van der Waals surface area contributed by atoms with E-state index in [9.17, 15) is 0 Å². The van der Waals surface area contributed by atoms with Crippen molar-refractivity contribution in [3.8, 4) is 0 Å². The maximum atomic E-state index is 4.46. The molecule has 0 radical (unpaired) electrons. The summed E-state index contributed by atoms with van der Waals surface area (Å²) in [4.78, 5) is 4.46. The van der Waals surface area contributed by atoms with Crippen LogP contribution in [0.4, 0.5) is 0 Å². The van der Waals surface area contributed by atoms with Gasteiger partial charge < -0.3 is 0 Å². The Morgan fingerprint density at radius 1 is 1.27 bits per heavy atom. The Kier molecular flexibility index (Phi) is 3.54. The molecule has 0 aliphatic heterocycles. The maximum Gasteiger partial charge on any atom is 0.0931 e. The molecule has 2 aromatic rings. The summed E-state index contributed by atoms with van der Waals surface area (Å²) in [7, 11) is 0. The first-order valence-electron chi connectivity index (χ1n) is 4.90. The fourth-order valence-electron chi connectivity index (χ4n) is 1.46. The molecule has 2 rings (SSSR count). The predicted molar refractivity (Wildman–Crippen MR) is 68.4 cm³/mol. The van der Waals surface area contributed by atoms with Gasteiger partial charge in [0.15, 0.2) is 0 Å². The number of hydrogen-bond acceptors (Lipinski definition) is 2. The first-order valence-corrected chi connectivity index (χ1v) is 6.57. The quantitative estimate of drug-likeness (QED) is 0.829. The molecule has 0 fully saturated rings. The summed E-state index contributed by atoms with van der Waals surface area (Å²) in [6.07, 6.45) is 2.08. The van der Waals surface area contributed by atoms with Gasteiger partial charge in [-0.15, -0.1) is 11.3 Å². The van der Waals surface area contributed by atoms with Crippen LogP contribution in [0.25, 0.3) is 0 Å². The van der Waals surface area contributed by atoms with Gasteiger partial charge in [-0.2, -0.15) is 0 Å². The summed E-state index contributed by atoms with van der Waals surface area (Å²) in [5.41, 5.74) is 2.48. The summed E-state index contributed by atoms with van der Waals surface area (Å²) >= 11 is 5.31. The van der Waals surface area contributed by atoms with E-state index in [1.807, 2.05) is 13.0 Å². The monoisotopic (exact) mass is 281 g/mol. The lowest BCUT2D eigenvalue weighted by Gasteiger charge is -2.01. The fourth-order valence-corrected chi connectivity index (χ4v) is 2.72. The van der Waals surface area contributed by atoms with Crippen molar-refractivity contribution in [2.75, 3.05) is 0 Å². The number of nitrogens with zero attached hydrogens (tertiary/aromatic N) is 1. The van der Waals surface area contributed by atoms with Crippen LogP contribution in [0, 0.1) is 6.92 Å². The van der Waals surface area contributed by atoms with Gasteiger partial charge in [0, 0.05) is 22.0 Å². The van der Waals surface area contributed by atoms with Gasteiger partial charge in [-0.25, -0.2) is 4.98 Å². The number of hydrogen-bond donors (Lipinski definition) is 0. The molecule has 0 unspecified atom stereocenters. The molecule has 3 heteroatoms. The molecule has 0 spiro atoms. The minimum Gasteiger partial charge on any atom is -0.247 e. The Morgan fingerprint density at radius 3 is 2.73 bits per heavy atom. The highest BCUT2D eigenvalue weighted by molar-refractivity contribution is 9.10. The molecule has 0 aliphatic carbocycles. The van der Waals surface area contributed by atoms with Gasteiger partial charge in [0.25, 0.3) is 0 Å². The largest absolute Gasteiger partial charge is 0.247 e. The highest BCUT2D eigenvalue weighted by atomic mass is 79.9. The van der Waals surface area contributed by atoms with Crippen LogP contribution in [0.15, 0.2) is 34.1 Å². The molecule has 0 bridgehead atoms. The van der Waals surface area contributed by atoms with E-state index in [1.165, 1.54) is 15.0 Å². The fraction of sp³-hybridized carbons (Fsp3) is 0.250. The molecule has 0 atom stereocenters. The van der Waals surface area contributed by atoms with E-state index in [0.717, 1.165) is 18.5 Å². The van der Waals surface area contributed by atoms with Crippen molar-refractivity contribution >= 4 is 27.3 Å². The second kappa shape index (κ2) is 4.90. The van der Waals surface area contributed by atoms with Gasteiger partial charge in [-0.05, 0) is 25.0 Å². The van der Waals surface area contributed by atoms with Crippen LogP contribution in [-0.4, -0.2) is 4.98 Å². The standard InChI is InChI=1S/C12H12BrNS/c1-9-8-15-12(14-9)7-6-10-4-2-3-5-11(10)13/h2-5,8H,6-7H2,1H3. The molecule has 78 valence electrons. The van der Waals surface area contributed by atoms with Crippen molar-refractivity contribution in [1.82, 2.24) is 4.98 Å². The van der Waals surface area contributed by atoms with Gasteiger partial charge >= 0.3 is 0 Å². The number of halogens is 1. The van der Waals surface area contributed by atoms with Crippen LogP contribution in [0.1, 0.15) is 16.3 Å². The van der Waals surface area contributed by atoms with E-state index < -0.39 is 0 Å². The molecule has 1 heterocycles. The zero-order valence-corrected chi connectivity index (χ0v) is 10.9. The number of rotatable bonds is 3. The van der Waals surface area contributed by atoms with Crippen LogP contribution in [-0.2, 0) is 12.8 Å². The molecular weight excluding hydrogens is 270 g/mol. The van der Waals surface area contributed by atoms with Crippen LogP contribution in [0.5, 0.6) is 0 Å². The normalized spacial score (nSPS) is 10.5. The Bertz CT molecular complexity index is 450. The summed E-state index contributed by atoms with van der Waals surface area (Å²) < 4.78 is 1.19. The van der Waals surface area contributed by atoms with Crippen molar-refractivity contribution in [2.45, 2.75) is 19.8 Å². The van der Waals surface area contributed by atoms with Gasteiger partial charge in [0.05, 0.1) is 5.01 Å². The molecule has 1 nitrogen and oxygen atoms in total. The smallest absolute Gasteiger partial charge is 0.0931 e. The van der Waals surface area contributed by atoms with Crippen molar-refractivity contribution in [3.63, 3.8) is 0 Å². The average Bonchev–Trinajstić information content (AvgIpc) is 2.63. The van der Waals surface area contributed by atoms with E-state index in [-0.39, 0.29) is 0 Å². The molecule has 0 saturated heterocycles. The second-order valence-corrected chi connectivity index (χ2v) is 5.27. The maximum absolute atomic E-state index is 4.46. The van der Waals surface area contributed by atoms with Crippen molar-refractivity contribution in [3.05, 3.63) is 50.4 Å². The van der Waals surface area contributed by atoms with E-state index in [1.54, 1.807) is 11.3 Å². The third kappa shape index (κ3) is 2.89. The van der Waals surface area contributed by atoms with Crippen LogP contribution >= 0.6 is 27.3 Å². The van der Waals surface area contributed by atoms with E-state index in [4.69, 9.17) is 0 Å². The first kappa shape index (κ1) is 10.8. The molecule has 15 heavy (non-hydrogen) atoms. The summed E-state index contributed by atoms with van der Waals surface area (Å²) in [6.45, 7) is 2.04. The molecule has 1 aromatic heterocycles. The van der Waals surface area contributed by atoms with Gasteiger partial charge in [0.1, 0.15) is 0 Å². The number of aryl methyl sites for hydroxylation is 3. The Labute approximate surface area is 102 Å². The molecular formula is C12H12BrNS. The minimum atomic E-state index is 1.03. The van der Waals surface area contributed by atoms with Crippen LogP contribution in [0.3, 0.4) is 0 Å². The average molecular weight is 282 g/mol. The summed E-state index contributed by atoms with van der Waals surface area (Å²) in [6, 6.07) is 8.36. The summed E-state index contributed by atoms with van der Waals surface area (Å²) in [5, 5.41) is 3.33. The Morgan fingerprint density at radius 2 is 2.07 bits per heavy atom. The van der Waals surface area contributed by atoms with Gasteiger partial charge in [-0.1, -0.05) is 34.1 Å². The van der Waals surface area contributed by atoms with E-state index in [0.29, 0.717) is 0 Å². The Balaban J connectivity index is 2.02. The van der Waals surface area contributed by atoms with E-state index >= 15 is 0 Å². The lowest BCUT2D eigenvalue weighted by atomic mass is 10.1. The molecule has 0 N–H and O–H groups in total. The highest BCUT2D eigenvalue weighted by Gasteiger charge is 2.02. The summed E-state index contributed by atoms with van der Waals surface area (Å²) in [5.74, 6) is 0. The lowest BCUT2D eigenvalue weighted by molar-refractivity contribution is 0.932. The number of aromatic nitrogens is 1. The second-order valence-electron chi connectivity index (χ2n) is 3.47. The van der Waals surface area contributed by atoms with Crippen LogP contribution in [0.2, 0.25) is 0 Å². The zero-order valence-electron chi connectivity index (χ0n) is 8.53. The van der Waals surface area contributed by atoms with Crippen molar-refractivity contribution < 1.29 is 0 Å². The SMILES string of the molecule is Cc1csc(CCc2ccccc2Br)n1. The Hall–Kier alpha value is -0.670. The first-order chi connectivity index (χ1) is 7.25. The number of thiazole rings is 1. The molecule has 1 aromatic carbocycles. The zero-order chi connectivity index (χ0) is 10.7. The van der Waals surface area contributed by atoms with Gasteiger partial charge in [-0.3, -0.25) is 0 Å². The highest BCUT2D eigenvalue weighted by Crippen LogP contribution is 2.19. The minimum absolute atomic E-state index is 1.03. The third-order valence-corrected chi connectivity index (χ3v) is 4.03. The molecule has 0 amide bonds. The molecule has 0 saturated carbocycles. The molecule has 0 aliphatic rings. The van der Waals surface area contributed by atoms with E-state index in [2.05, 4.69) is 44.5 Å². The predicted octanol–water partition coefficient (Wildman–Crippen LogP) is 4.00.